The van der Waals surface area contributed by atoms with Crippen molar-refractivity contribution in [3.05, 3.63) is 48.0 Å². The molecule has 1 heterocycles. The number of hydrogen-bond acceptors (Lipinski definition) is 6. The van der Waals surface area contributed by atoms with Crippen LogP contribution in [-0.2, 0) is 0 Å². The molecule has 0 saturated carbocycles. The Labute approximate surface area is 119 Å². The SMILES string of the molecule is N#Cc1cccc(-c2nc(-c3ccc(O)c(O)c3)no2)c1. The van der Waals surface area contributed by atoms with Crippen LogP contribution in [-0.4, -0.2) is 20.4 Å². The molecule has 3 aromatic rings. The summed E-state index contributed by atoms with van der Waals surface area (Å²) in [5.74, 6) is 0.0758. The van der Waals surface area contributed by atoms with Gasteiger partial charge in [0.2, 0.25) is 5.82 Å². The number of aromatic nitrogens is 2. The molecular formula is C15H9N3O3. The van der Waals surface area contributed by atoms with E-state index in [1.54, 1.807) is 30.3 Å². The summed E-state index contributed by atoms with van der Waals surface area (Å²) in [6.45, 7) is 0. The average Bonchev–Trinajstić information content (AvgIpc) is 3.00. The fourth-order valence-corrected chi connectivity index (χ4v) is 1.84. The lowest BCUT2D eigenvalue weighted by molar-refractivity contribution is 0.404. The molecule has 1 aromatic heterocycles. The van der Waals surface area contributed by atoms with E-state index in [-0.39, 0.29) is 23.2 Å². The molecule has 0 fully saturated rings. The highest BCUT2D eigenvalue weighted by molar-refractivity contribution is 5.63. The minimum Gasteiger partial charge on any atom is -0.504 e. The maximum absolute atomic E-state index is 9.48. The van der Waals surface area contributed by atoms with E-state index in [1.807, 2.05) is 6.07 Å². The summed E-state index contributed by atoms with van der Waals surface area (Å²) in [7, 11) is 0. The first-order chi connectivity index (χ1) is 10.2. The molecule has 0 bridgehead atoms. The van der Waals surface area contributed by atoms with E-state index in [2.05, 4.69) is 10.1 Å². The van der Waals surface area contributed by atoms with E-state index >= 15 is 0 Å². The van der Waals surface area contributed by atoms with Gasteiger partial charge in [0.1, 0.15) is 0 Å². The van der Waals surface area contributed by atoms with Crippen molar-refractivity contribution in [2.24, 2.45) is 0 Å². The quantitative estimate of drug-likeness (QED) is 0.699. The Morgan fingerprint density at radius 3 is 2.62 bits per heavy atom. The van der Waals surface area contributed by atoms with E-state index in [9.17, 15) is 10.2 Å². The topological polar surface area (TPSA) is 103 Å². The molecule has 2 aromatic carbocycles. The van der Waals surface area contributed by atoms with Gasteiger partial charge in [-0.15, -0.1) is 0 Å². The molecule has 6 nitrogen and oxygen atoms in total. The Kier molecular flexibility index (Phi) is 3.01. The zero-order chi connectivity index (χ0) is 14.8. The van der Waals surface area contributed by atoms with Crippen molar-refractivity contribution >= 4 is 0 Å². The van der Waals surface area contributed by atoms with Gasteiger partial charge in [-0.1, -0.05) is 11.2 Å². The van der Waals surface area contributed by atoms with Gasteiger partial charge in [0, 0.05) is 11.1 Å². The van der Waals surface area contributed by atoms with Gasteiger partial charge in [-0.3, -0.25) is 0 Å². The van der Waals surface area contributed by atoms with Crippen LogP contribution in [0.15, 0.2) is 47.0 Å². The summed E-state index contributed by atoms with van der Waals surface area (Å²) in [4.78, 5) is 4.22. The zero-order valence-electron chi connectivity index (χ0n) is 10.7. The molecule has 0 aliphatic carbocycles. The van der Waals surface area contributed by atoms with Crippen LogP contribution in [0.2, 0.25) is 0 Å². The molecule has 0 aliphatic heterocycles. The zero-order valence-corrected chi connectivity index (χ0v) is 10.7. The highest BCUT2D eigenvalue weighted by atomic mass is 16.5. The van der Waals surface area contributed by atoms with E-state index in [1.165, 1.54) is 12.1 Å². The van der Waals surface area contributed by atoms with E-state index in [0.717, 1.165) is 0 Å². The lowest BCUT2D eigenvalue weighted by atomic mass is 10.1. The van der Waals surface area contributed by atoms with Crippen LogP contribution >= 0.6 is 0 Å². The minimum atomic E-state index is -0.259. The molecule has 0 spiro atoms. The fraction of sp³-hybridized carbons (Fsp3) is 0. The van der Waals surface area contributed by atoms with Crippen molar-refractivity contribution in [2.45, 2.75) is 0 Å². The number of nitrogens with zero attached hydrogens (tertiary/aromatic N) is 3. The molecule has 0 saturated heterocycles. The minimum absolute atomic E-state index is 0.218. The standard InChI is InChI=1S/C15H9N3O3/c16-8-9-2-1-3-11(6-9)15-17-14(18-21-15)10-4-5-12(19)13(20)7-10/h1-7,19-20H. The Morgan fingerprint density at radius 1 is 1.00 bits per heavy atom. The molecule has 102 valence electrons. The molecule has 2 N–H and O–H groups in total. The number of phenols is 2. The summed E-state index contributed by atoms with van der Waals surface area (Å²) >= 11 is 0. The fourth-order valence-electron chi connectivity index (χ4n) is 1.84. The van der Waals surface area contributed by atoms with Crippen LogP contribution in [0.25, 0.3) is 22.8 Å². The summed E-state index contributed by atoms with van der Waals surface area (Å²) < 4.78 is 5.16. The van der Waals surface area contributed by atoms with Gasteiger partial charge in [-0.25, -0.2) is 0 Å². The summed E-state index contributed by atoms with van der Waals surface area (Å²) in [6, 6.07) is 13.1. The van der Waals surface area contributed by atoms with Crippen LogP contribution < -0.4 is 0 Å². The molecule has 0 aliphatic rings. The number of benzene rings is 2. The normalized spacial score (nSPS) is 10.2. The Morgan fingerprint density at radius 2 is 1.86 bits per heavy atom. The molecular weight excluding hydrogens is 270 g/mol. The van der Waals surface area contributed by atoms with Crippen molar-refractivity contribution in [1.29, 1.82) is 5.26 Å². The third-order valence-corrected chi connectivity index (χ3v) is 2.90. The van der Waals surface area contributed by atoms with E-state index in [4.69, 9.17) is 9.78 Å². The predicted octanol–water partition coefficient (Wildman–Crippen LogP) is 2.69. The molecule has 0 radical (unpaired) electrons. The van der Waals surface area contributed by atoms with Crippen LogP contribution in [0.5, 0.6) is 11.5 Å². The van der Waals surface area contributed by atoms with Gasteiger partial charge < -0.3 is 14.7 Å². The monoisotopic (exact) mass is 279 g/mol. The molecule has 0 unspecified atom stereocenters. The van der Waals surface area contributed by atoms with E-state index in [0.29, 0.717) is 16.7 Å². The first-order valence-electron chi connectivity index (χ1n) is 6.04. The van der Waals surface area contributed by atoms with Crippen molar-refractivity contribution in [2.75, 3.05) is 0 Å². The third-order valence-electron chi connectivity index (χ3n) is 2.90. The van der Waals surface area contributed by atoms with Crippen LogP contribution in [0.1, 0.15) is 5.56 Å². The maximum Gasteiger partial charge on any atom is 0.258 e. The number of aromatic hydroxyl groups is 2. The predicted molar refractivity (Wildman–Crippen MR) is 73.2 cm³/mol. The lowest BCUT2D eigenvalue weighted by Gasteiger charge is -1.98. The Balaban J connectivity index is 1.99. The van der Waals surface area contributed by atoms with Gasteiger partial charge >= 0.3 is 0 Å². The van der Waals surface area contributed by atoms with Crippen molar-refractivity contribution < 1.29 is 14.7 Å². The Hall–Kier alpha value is -3.33. The van der Waals surface area contributed by atoms with Gasteiger partial charge in [0.15, 0.2) is 11.5 Å². The summed E-state index contributed by atoms with van der Waals surface area (Å²) in [6.07, 6.45) is 0. The average molecular weight is 279 g/mol. The number of hydrogen-bond donors (Lipinski definition) is 2. The van der Waals surface area contributed by atoms with Crippen molar-refractivity contribution in [3.63, 3.8) is 0 Å². The molecule has 0 atom stereocenters. The van der Waals surface area contributed by atoms with Gasteiger partial charge in [-0.2, -0.15) is 10.2 Å². The maximum atomic E-state index is 9.48. The third kappa shape index (κ3) is 2.40. The second-order valence-corrected chi connectivity index (χ2v) is 4.32. The van der Waals surface area contributed by atoms with Crippen molar-refractivity contribution in [1.82, 2.24) is 10.1 Å². The lowest BCUT2D eigenvalue weighted by Crippen LogP contribution is -1.82. The largest absolute Gasteiger partial charge is 0.504 e. The highest BCUT2D eigenvalue weighted by Crippen LogP contribution is 2.30. The summed E-state index contributed by atoms with van der Waals surface area (Å²) in [5.41, 5.74) is 1.64. The first kappa shape index (κ1) is 12.7. The molecule has 3 rings (SSSR count). The molecule has 0 amide bonds. The highest BCUT2D eigenvalue weighted by Gasteiger charge is 2.12. The molecule has 6 heteroatoms. The number of rotatable bonds is 2. The van der Waals surface area contributed by atoms with Gasteiger partial charge in [0.05, 0.1) is 11.6 Å². The van der Waals surface area contributed by atoms with Crippen molar-refractivity contribution in [3.8, 4) is 40.4 Å². The smallest absolute Gasteiger partial charge is 0.258 e. The second-order valence-electron chi connectivity index (χ2n) is 4.32. The van der Waals surface area contributed by atoms with Crippen LogP contribution in [0.3, 0.4) is 0 Å². The van der Waals surface area contributed by atoms with E-state index < -0.39 is 0 Å². The summed E-state index contributed by atoms with van der Waals surface area (Å²) in [5, 5.41) is 31.5. The van der Waals surface area contributed by atoms with Gasteiger partial charge in [0.25, 0.3) is 5.89 Å². The van der Waals surface area contributed by atoms with Crippen LogP contribution in [0.4, 0.5) is 0 Å². The van der Waals surface area contributed by atoms with Gasteiger partial charge in [-0.05, 0) is 36.4 Å². The number of phenolic OH excluding ortho intramolecular Hbond substituents is 2. The first-order valence-corrected chi connectivity index (χ1v) is 6.04. The van der Waals surface area contributed by atoms with Crippen LogP contribution in [0, 0.1) is 11.3 Å². The Bertz CT molecular complexity index is 849. The number of nitriles is 1. The molecule has 21 heavy (non-hydrogen) atoms. The second kappa shape index (κ2) is 4.98.